The highest BCUT2D eigenvalue weighted by atomic mass is 16.5. The fraction of sp³-hybridized carbons (Fsp3) is 0.875. The van der Waals surface area contributed by atoms with E-state index in [-0.39, 0.29) is 11.3 Å². The van der Waals surface area contributed by atoms with Crippen molar-refractivity contribution in [1.29, 1.82) is 0 Å². The van der Waals surface area contributed by atoms with Crippen LogP contribution in [-0.2, 0) is 9.53 Å². The lowest BCUT2D eigenvalue weighted by Crippen LogP contribution is -2.38. The molecule has 0 aliphatic carbocycles. The number of carbonyl (C=O) groups is 1. The SMILES string of the molecule is CC1(C)COCC1C(O)C(=O)O. The van der Waals surface area contributed by atoms with Gasteiger partial charge >= 0.3 is 5.97 Å². The van der Waals surface area contributed by atoms with Gasteiger partial charge in [-0.3, -0.25) is 0 Å². The maximum absolute atomic E-state index is 10.5. The molecule has 1 aliphatic rings. The van der Waals surface area contributed by atoms with Gasteiger partial charge in [-0.2, -0.15) is 0 Å². The van der Waals surface area contributed by atoms with Crippen molar-refractivity contribution in [2.45, 2.75) is 20.0 Å². The molecule has 12 heavy (non-hydrogen) atoms. The quantitative estimate of drug-likeness (QED) is 0.623. The van der Waals surface area contributed by atoms with Crippen LogP contribution in [0.5, 0.6) is 0 Å². The lowest BCUT2D eigenvalue weighted by Gasteiger charge is -2.26. The van der Waals surface area contributed by atoms with Gasteiger partial charge < -0.3 is 14.9 Å². The summed E-state index contributed by atoms with van der Waals surface area (Å²) in [7, 11) is 0. The first-order chi connectivity index (χ1) is 5.45. The second-order valence-corrected chi connectivity index (χ2v) is 3.89. The zero-order chi connectivity index (χ0) is 9.35. The highest BCUT2D eigenvalue weighted by molar-refractivity contribution is 5.72. The third kappa shape index (κ3) is 1.59. The highest BCUT2D eigenvalue weighted by Crippen LogP contribution is 2.35. The van der Waals surface area contributed by atoms with Gasteiger partial charge in [-0.25, -0.2) is 4.79 Å². The average molecular weight is 174 g/mol. The summed E-state index contributed by atoms with van der Waals surface area (Å²) in [4.78, 5) is 10.5. The van der Waals surface area contributed by atoms with Gasteiger partial charge in [-0.05, 0) is 5.41 Å². The van der Waals surface area contributed by atoms with E-state index in [1.807, 2.05) is 13.8 Å². The molecular weight excluding hydrogens is 160 g/mol. The van der Waals surface area contributed by atoms with Crippen LogP contribution in [0, 0.1) is 11.3 Å². The van der Waals surface area contributed by atoms with Crippen LogP contribution in [0.15, 0.2) is 0 Å². The van der Waals surface area contributed by atoms with Crippen LogP contribution < -0.4 is 0 Å². The summed E-state index contributed by atoms with van der Waals surface area (Å²) in [5.74, 6) is -1.46. The van der Waals surface area contributed by atoms with Crippen molar-refractivity contribution in [3.63, 3.8) is 0 Å². The van der Waals surface area contributed by atoms with E-state index < -0.39 is 12.1 Å². The van der Waals surface area contributed by atoms with Gasteiger partial charge in [-0.15, -0.1) is 0 Å². The smallest absolute Gasteiger partial charge is 0.332 e. The van der Waals surface area contributed by atoms with Crippen LogP contribution in [0.25, 0.3) is 0 Å². The first-order valence-corrected chi connectivity index (χ1v) is 3.94. The van der Waals surface area contributed by atoms with E-state index in [2.05, 4.69) is 0 Å². The normalized spacial score (nSPS) is 30.1. The van der Waals surface area contributed by atoms with Crippen molar-refractivity contribution in [1.82, 2.24) is 0 Å². The van der Waals surface area contributed by atoms with Crippen molar-refractivity contribution in [2.75, 3.05) is 13.2 Å². The Labute approximate surface area is 71.2 Å². The lowest BCUT2D eigenvalue weighted by molar-refractivity contribution is -0.151. The molecule has 0 aromatic carbocycles. The van der Waals surface area contributed by atoms with Crippen molar-refractivity contribution < 1.29 is 19.7 Å². The summed E-state index contributed by atoms with van der Waals surface area (Å²) in [6.07, 6.45) is -1.30. The van der Waals surface area contributed by atoms with E-state index in [1.165, 1.54) is 0 Å². The Balaban J connectivity index is 2.68. The zero-order valence-electron chi connectivity index (χ0n) is 7.28. The van der Waals surface area contributed by atoms with Crippen molar-refractivity contribution >= 4 is 5.97 Å². The molecule has 1 heterocycles. The molecule has 0 aromatic heterocycles. The van der Waals surface area contributed by atoms with Gasteiger partial charge in [0.2, 0.25) is 0 Å². The summed E-state index contributed by atoms with van der Waals surface area (Å²) in [5, 5.41) is 17.9. The number of ether oxygens (including phenoxy) is 1. The molecule has 1 aliphatic heterocycles. The van der Waals surface area contributed by atoms with E-state index in [0.29, 0.717) is 13.2 Å². The van der Waals surface area contributed by atoms with Crippen molar-refractivity contribution in [3.8, 4) is 0 Å². The van der Waals surface area contributed by atoms with Crippen LogP contribution >= 0.6 is 0 Å². The van der Waals surface area contributed by atoms with Gasteiger partial charge in [-0.1, -0.05) is 13.8 Å². The predicted octanol–water partition coefficient (Wildman–Crippen LogP) is 0.104. The number of hydrogen-bond acceptors (Lipinski definition) is 3. The minimum Gasteiger partial charge on any atom is -0.479 e. The number of carboxylic acids is 1. The van der Waals surface area contributed by atoms with Gasteiger partial charge in [0.05, 0.1) is 13.2 Å². The molecule has 0 amide bonds. The minimum atomic E-state index is -1.30. The summed E-state index contributed by atoms with van der Waals surface area (Å²) >= 11 is 0. The molecule has 2 atom stereocenters. The first-order valence-electron chi connectivity index (χ1n) is 3.94. The Morgan fingerprint density at radius 1 is 1.67 bits per heavy atom. The molecular formula is C8H14O4. The van der Waals surface area contributed by atoms with E-state index in [1.54, 1.807) is 0 Å². The first kappa shape index (κ1) is 9.48. The Morgan fingerprint density at radius 3 is 2.58 bits per heavy atom. The lowest BCUT2D eigenvalue weighted by atomic mass is 9.79. The van der Waals surface area contributed by atoms with Crippen LogP contribution in [0.3, 0.4) is 0 Å². The van der Waals surface area contributed by atoms with E-state index in [9.17, 15) is 9.90 Å². The molecule has 1 fully saturated rings. The summed E-state index contributed by atoms with van der Waals surface area (Å²) in [6, 6.07) is 0. The van der Waals surface area contributed by atoms with Gasteiger partial charge in [0.1, 0.15) is 0 Å². The van der Waals surface area contributed by atoms with Crippen LogP contribution in [0.2, 0.25) is 0 Å². The molecule has 2 unspecified atom stereocenters. The minimum absolute atomic E-state index is 0.238. The molecule has 70 valence electrons. The number of hydrogen-bond donors (Lipinski definition) is 2. The molecule has 4 nitrogen and oxygen atoms in total. The predicted molar refractivity (Wildman–Crippen MR) is 41.7 cm³/mol. The molecule has 1 rings (SSSR count). The standard InChI is InChI=1S/C8H14O4/c1-8(2)4-12-3-5(8)6(9)7(10)11/h5-6,9H,3-4H2,1-2H3,(H,10,11). The van der Waals surface area contributed by atoms with Crippen molar-refractivity contribution in [3.05, 3.63) is 0 Å². The monoisotopic (exact) mass is 174 g/mol. The van der Waals surface area contributed by atoms with Gasteiger partial charge in [0.25, 0.3) is 0 Å². The summed E-state index contributed by atoms with van der Waals surface area (Å²) in [6.45, 7) is 4.65. The summed E-state index contributed by atoms with van der Waals surface area (Å²) in [5.41, 5.74) is -0.238. The zero-order valence-corrected chi connectivity index (χ0v) is 7.28. The average Bonchev–Trinajstić information content (AvgIpc) is 2.27. The number of aliphatic hydroxyl groups is 1. The fourth-order valence-electron chi connectivity index (χ4n) is 1.47. The second-order valence-electron chi connectivity index (χ2n) is 3.89. The maximum atomic E-state index is 10.5. The molecule has 0 radical (unpaired) electrons. The molecule has 4 heteroatoms. The Kier molecular flexibility index (Phi) is 2.39. The summed E-state index contributed by atoms with van der Waals surface area (Å²) < 4.78 is 5.12. The third-order valence-electron chi connectivity index (χ3n) is 2.41. The molecule has 0 saturated carbocycles. The highest BCUT2D eigenvalue weighted by Gasteiger charge is 2.42. The molecule has 1 saturated heterocycles. The fourth-order valence-corrected chi connectivity index (χ4v) is 1.47. The Hall–Kier alpha value is -0.610. The molecule has 2 N–H and O–H groups in total. The Morgan fingerprint density at radius 2 is 2.25 bits per heavy atom. The molecule has 0 spiro atoms. The topological polar surface area (TPSA) is 66.8 Å². The van der Waals surface area contributed by atoms with E-state index in [4.69, 9.17) is 9.84 Å². The van der Waals surface area contributed by atoms with Crippen LogP contribution in [-0.4, -0.2) is 35.5 Å². The Bertz CT molecular complexity index is 187. The largest absolute Gasteiger partial charge is 0.479 e. The van der Waals surface area contributed by atoms with Crippen LogP contribution in [0.4, 0.5) is 0 Å². The molecule has 0 bridgehead atoms. The van der Waals surface area contributed by atoms with E-state index in [0.717, 1.165) is 0 Å². The van der Waals surface area contributed by atoms with Crippen molar-refractivity contribution in [2.24, 2.45) is 11.3 Å². The third-order valence-corrected chi connectivity index (χ3v) is 2.41. The number of aliphatic hydroxyl groups excluding tert-OH is 1. The second kappa shape index (κ2) is 3.03. The van der Waals surface area contributed by atoms with Crippen LogP contribution in [0.1, 0.15) is 13.8 Å². The van der Waals surface area contributed by atoms with Gasteiger partial charge in [0.15, 0.2) is 6.10 Å². The van der Waals surface area contributed by atoms with Gasteiger partial charge in [0, 0.05) is 5.92 Å². The number of aliphatic carboxylic acids is 1. The maximum Gasteiger partial charge on any atom is 0.332 e. The number of carboxylic acid groups (broad SMARTS) is 1. The van der Waals surface area contributed by atoms with E-state index >= 15 is 0 Å². The molecule has 0 aromatic rings. The number of rotatable bonds is 2.